The Kier molecular flexibility index (Phi) is 5.70. The van der Waals surface area contributed by atoms with Gasteiger partial charge < -0.3 is 9.80 Å². The molecule has 1 atom stereocenters. The number of halogens is 1. The quantitative estimate of drug-likeness (QED) is 0.671. The molecule has 30 heavy (non-hydrogen) atoms. The molecule has 0 bridgehead atoms. The van der Waals surface area contributed by atoms with Crippen LogP contribution in [0.1, 0.15) is 22.8 Å². The molecule has 3 heterocycles. The van der Waals surface area contributed by atoms with E-state index in [1.807, 2.05) is 30.5 Å². The number of benzene rings is 1. The Balaban J connectivity index is 1.57. The smallest absolute Gasteiger partial charge is 0.255 e. The van der Waals surface area contributed by atoms with Gasteiger partial charge in [-0.2, -0.15) is 0 Å². The summed E-state index contributed by atoms with van der Waals surface area (Å²) in [4.78, 5) is 36.8. The first-order chi connectivity index (χ1) is 14.5. The molecule has 0 aliphatic carbocycles. The molecule has 1 fully saturated rings. The van der Waals surface area contributed by atoms with Gasteiger partial charge in [0, 0.05) is 50.9 Å². The zero-order valence-corrected chi connectivity index (χ0v) is 16.8. The Bertz CT molecular complexity index is 1090. The van der Waals surface area contributed by atoms with Crippen LogP contribution in [0.25, 0.3) is 10.9 Å². The van der Waals surface area contributed by atoms with Crippen LogP contribution < -0.4 is 0 Å². The molecular formula is C23H23FN4O2. The third-order valence-electron chi connectivity index (χ3n) is 5.45. The Morgan fingerprint density at radius 3 is 2.63 bits per heavy atom. The number of pyridine rings is 2. The summed E-state index contributed by atoms with van der Waals surface area (Å²) in [5.74, 6) is -0.781. The molecule has 3 aromatic rings. The van der Waals surface area contributed by atoms with E-state index in [1.54, 1.807) is 16.7 Å². The predicted octanol–water partition coefficient (Wildman–Crippen LogP) is 2.93. The molecule has 1 aliphatic rings. The minimum atomic E-state index is -0.542. The fraction of sp³-hybridized carbons (Fsp3) is 0.304. The van der Waals surface area contributed by atoms with Gasteiger partial charge in [0.1, 0.15) is 5.82 Å². The SMILES string of the molecule is CC(=O)N1CCN(C(=O)c2cncc(F)c2)CC(Cc2cnc3ccccc3c2)C1. The van der Waals surface area contributed by atoms with Gasteiger partial charge in [-0.05, 0) is 36.1 Å². The first kappa shape index (κ1) is 19.9. The monoisotopic (exact) mass is 406 g/mol. The number of rotatable bonds is 3. The van der Waals surface area contributed by atoms with Crippen molar-refractivity contribution in [3.8, 4) is 0 Å². The van der Waals surface area contributed by atoms with Gasteiger partial charge in [-0.1, -0.05) is 18.2 Å². The molecule has 6 nitrogen and oxygen atoms in total. The summed E-state index contributed by atoms with van der Waals surface area (Å²) in [5, 5.41) is 1.06. The lowest BCUT2D eigenvalue weighted by molar-refractivity contribution is -0.129. The van der Waals surface area contributed by atoms with Gasteiger partial charge >= 0.3 is 0 Å². The maximum Gasteiger partial charge on any atom is 0.255 e. The molecule has 2 amide bonds. The minimum Gasteiger partial charge on any atom is -0.341 e. The highest BCUT2D eigenvalue weighted by Crippen LogP contribution is 2.20. The van der Waals surface area contributed by atoms with E-state index in [0.29, 0.717) is 32.6 Å². The molecule has 0 spiro atoms. The lowest BCUT2D eigenvalue weighted by atomic mass is 9.98. The van der Waals surface area contributed by atoms with E-state index in [1.165, 1.54) is 12.3 Å². The lowest BCUT2D eigenvalue weighted by Crippen LogP contribution is -2.36. The molecular weight excluding hydrogens is 383 g/mol. The number of amides is 2. The zero-order chi connectivity index (χ0) is 21.1. The number of hydrogen-bond donors (Lipinski definition) is 0. The van der Waals surface area contributed by atoms with Crippen LogP contribution in [0.5, 0.6) is 0 Å². The third kappa shape index (κ3) is 4.45. The number of fused-ring (bicyclic) bond motifs is 1. The second-order valence-electron chi connectivity index (χ2n) is 7.71. The standard InChI is InChI=1S/C23H23FN4O2/c1-16(29)27-6-7-28(23(30)20-10-21(24)13-25-12-20)15-18(14-27)8-17-9-19-4-2-3-5-22(19)26-11-17/h2-5,9-13,18H,6-8,14-15H2,1H3. The van der Waals surface area contributed by atoms with Gasteiger partial charge in [0.25, 0.3) is 5.91 Å². The van der Waals surface area contributed by atoms with Gasteiger partial charge in [0.05, 0.1) is 17.3 Å². The van der Waals surface area contributed by atoms with Gasteiger partial charge in [0.2, 0.25) is 5.91 Å². The normalized spacial score (nSPS) is 17.1. The van der Waals surface area contributed by atoms with Crippen molar-refractivity contribution >= 4 is 22.7 Å². The first-order valence-corrected chi connectivity index (χ1v) is 9.98. The average Bonchev–Trinajstić information content (AvgIpc) is 2.96. The number of carbonyl (C=O) groups is 2. The second kappa shape index (κ2) is 8.57. The van der Waals surface area contributed by atoms with Crippen LogP contribution in [-0.2, 0) is 11.2 Å². The molecule has 1 saturated heterocycles. The number of aromatic nitrogens is 2. The van der Waals surface area contributed by atoms with Crippen LogP contribution in [0.15, 0.2) is 55.0 Å². The van der Waals surface area contributed by atoms with Crippen LogP contribution in [0.2, 0.25) is 0 Å². The molecule has 4 rings (SSSR count). The van der Waals surface area contributed by atoms with Crippen LogP contribution in [0.4, 0.5) is 4.39 Å². The van der Waals surface area contributed by atoms with E-state index in [9.17, 15) is 14.0 Å². The predicted molar refractivity (Wildman–Crippen MR) is 111 cm³/mol. The average molecular weight is 406 g/mol. The number of para-hydroxylation sites is 1. The van der Waals surface area contributed by atoms with Crippen molar-refractivity contribution in [2.75, 3.05) is 26.2 Å². The Morgan fingerprint density at radius 1 is 1.07 bits per heavy atom. The summed E-state index contributed by atoms with van der Waals surface area (Å²) in [6, 6.07) is 11.2. The molecule has 7 heteroatoms. The molecule has 154 valence electrons. The van der Waals surface area contributed by atoms with E-state index in [4.69, 9.17) is 0 Å². The molecule has 0 radical (unpaired) electrons. The van der Waals surface area contributed by atoms with Crippen LogP contribution in [0.3, 0.4) is 0 Å². The van der Waals surface area contributed by atoms with Crippen molar-refractivity contribution in [2.24, 2.45) is 5.92 Å². The fourth-order valence-corrected chi connectivity index (χ4v) is 3.98. The Labute approximate surface area is 174 Å². The zero-order valence-electron chi connectivity index (χ0n) is 16.8. The fourth-order valence-electron chi connectivity index (χ4n) is 3.98. The molecule has 1 aliphatic heterocycles. The minimum absolute atomic E-state index is 0.0154. The summed E-state index contributed by atoms with van der Waals surface area (Å²) < 4.78 is 13.5. The summed E-state index contributed by atoms with van der Waals surface area (Å²) in [7, 11) is 0. The number of carbonyl (C=O) groups excluding carboxylic acids is 2. The summed E-state index contributed by atoms with van der Waals surface area (Å²) in [5.41, 5.74) is 2.21. The largest absolute Gasteiger partial charge is 0.341 e. The van der Waals surface area contributed by atoms with Gasteiger partial charge in [0.15, 0.2) is 0 Å². The molecule has 0 saturated carbocycles. The van der Waals surface area contributed by atoms with E-state index in [0.717, 1.165) is 22.7 Å². The van der Waals surface area contributed by atoms with Gasteiger partial charge in [-0.15, -0.1) is 0 Å². The molecule has 2 aromatic heterocycles. The maximum atomic E-state index is 13.5. The van der Waals surface area contributed by atoms with E-state index in [-0.39, 0.29) is 23.3 Å². The van der Waals surface area contributed by atoms with E-state index < -0.39 is 5.82 Å². The molecule has 1 aromatic carbocycles. The highest BCUT2D eigenvalue weighted by molar-refractivity contribution is 5.94. The maximum absolute atomic E-state index is 13.5. The molecule has 1 unspecified atom stereocenters. The Hall–Kier alpha value is -3.35. The van der Waals surface area contributed by atoms with Gasteiger partial charge in [-0.3, -0.25) is 19.6 Å². The topological polar surface area (TPSA) is 66.4 Å². The second-order valence-corrected chi connectivity index (χ2v) is 7.71. The number of nitrogens with zero attached hydrogens (tertiary/aromatic N) is 4. The van der Waals surface area contributed by atoms with E-state index in [2.05, 4.69) is 16.0 Å². The van der Waals surface area contributed by atoms with E-state index >= 15 is 0 Å². The van der Waals surface area contributed by atoms with Crippen molar-refractivity contribution in [2.45, 2.75) is 13.3 Å². The highest BCUT2D eigenvalue weighted by atomic mass is 19.1. The van der Waals surface area contributed by atoms with Crippen molar-refractivity contribution in [3.05, 3.63) is 71.9 Å². The Morgan fingerprint density at radius 2 is 1.83 bits per heavy atom. The van der Waals surface area contributed by atoms with Crippen molar-refractivity contribution in [1.29, 1.82) is 0 Å². The van der Waals surface area contributed by atoms with Gasteiger partial charge in [-0.25, -0.2) is 4.39 Å². The third-order valence-corrected chi connectivity index (χ3v) is 5.45. The molecule has 0 N–H and O–H groups in total. The summed E-state index contributed by atoms with van der Waals surface area (Å²) in [6.45, 7) is 3.44. The lowest BCUT2D eigenvalue weighted by Gasteiger charge is -2.24. The summed E-state index contributed by atoms with van der Waals surface area (Å²) >= 11 is 0. The van der Waals surface area contributed by atoms with Crippen molar-refractivity contribution < 1.29 is 14.0 Å². The first-order valence-electron chi connectivity index (χ1n) is 9.98. The summed E-state index contributed by atoms with van der Waals surface area (Å²) in [6.07, 6.45) is 4.99. The van der Waals surface area contributed by atoms with Crippen molar-refractivity contribution in [1.82, 2.24) is 19.8 Å². The highest BCUT2D eigenvalue weighted by Gasteiger charge is 2.28. The number of hydrogen-bond acceptors (Lipinski definition) is 4. The van der Waals surface area contributed by atoms with Crippen LogP contribution >= 0.6 is 0 Å². The van der Waals surface area contributed by atoms with Crippen molar-refractivity contribution in [3.63, 3.8) is 0 Å². The van der Waals surface area contributed by atoms with Crippen LogP contribution in [0, 0.1) is 11.7 Å². The van der Waals surface area contributed by atoms with Crippen LogP contribution in [-0.4, -0.2) is 57.8 Å².